The lowest BCUT2D eigenvalue weighted by molar-refractivity contribution is 0.101. The molecule has 2 aromatic carbocycles. The summed E-state index contributed by atoms with van der Waals surface area (Å²) in [6, 6.07) is 10.7. The number of halogens is 1. The summed E-state index contributed by atoms with van der Waals surface area (Å²) in [5.74, 6) is -0.471. The molecule has 2 rings (SSSR count). The zero-order valence-corrected chi connectivity index (χ0v) is 12.0. The van der Waals surface area contributed by atoms with Crippen LogP contribution in [0.4, 0.5) is 4.39 Å². The molecule has 0 bridgehead atoms. The molecule has 0 aliphatic heterocycles. The summed E-state index contributed by atoms with van der Waals surface area (Å²) in [6.45, 7) is 5.45. The molecule has 0 aliphatic carbocycles. The molecule has 19 heavy (non-hydrogen) atoms. The van der Waals surface area contributed by atoms with E-state index in [0.717, 1.165) is 16.0 Å². The topological polar surface area (TPSA) is 17.1 Å². The highest BCUT2D eigenvalue weighted by Crippen LogP contribution is 2.33. The van der Waals surface area contributed by atoms with E-state index in [1.807, 2.05) is 32.0 Å². The van der Waals surface area contributed by atoms with Crippen molar-refractivity contribution < 1.29 is 9.18 Å². The maximum Gasteiger partial charge on any atom is 0.159 e. The van der Waals surface area contributed by atoms with Crippen LogP contribution in [0, 0.1) is 19.7 Å². The number of hydrogen-bond acceptors (Lipinski definition) is 2. The summed E-state index contributed by atoms with van der Waals surface area (Å²) in [6.07, 6.45) is 0. The molecule has 0 amide bonds. The third kappa shape index (κ3) is 3.24. The highest BCUT2D eigenvalue weighted by Gasteiger charge is 2.09. The lowest BCUT2D eigenvalue weighted by atomic mass is 10.1. The normalized spacial score (nSPS) is 10.5. The Morgan fingerprint density at radius 2 is 1.79 bits per heavy atom. The third-order valence-electron chi connectivity index (χ3n) is 2.90. The van der Waals surface area contributed by atoms with Gasteiger partial charge in [0.1, 0.15) is 5.82 Å². The lowest BCUT2D eigenvalue weighted by Gasteiger charge is -2.08. The maximum atomic E-state index is 14.0. The summed E-state index contributed by atoms with van der Waals surface area (Å²) in [4.78, 5) is 12.8. The first kappa shape index (κ1) is 13.8. The van der Waals surface area contributed by atoms with Crippen LogP contribution in [-0.2, 0) is 0 Å². The Bertz CT molecular complexity index is 635. The number of benzene rings is 2. The SMILES string of the molecule is CC(=O)c1ccc(Sc2cc(C)ccc2C)c(F)c1. The van der Waals surface area contributed by atoms with Crippen LogP contribution in [0.3, 0.4) is 0 Å². The molecule has 0 aliphatic rings. The Kier molecular flexibility index (Phi) is 4.05. The van der Waals surface area contributed by atoms with Crippen molar-refractivity contribution in [3.05, 3.63) is 58.9 Å². The molecule has 0 saturated heterocycles. The van der Waals surface area contributed by atoms with Gasteiger partial charge in [-0.15, -0.1) is 0 Å². The van der Waals surface area contributed by atoms with Crippen LogP contribution in [-0.4, -0.2) is 5.78 Å². The molecule has 0 aromatic heterocycles. The summed E-state index contributed by atoms with van der Waals surface area (Å²) >= 11 is 1.39. The van der Waals surface area contributed by atoms with Crippen molar-refractivity contribution in [1.82, 2.24) is 0 Å². The van der Waals surface area contributed by atoms with Crippen molar-refractivity contribution in [2.45, 2.75) is 30.6 Å². The quantitative estimate of drug-likeness (QED) is 0.748. The van der Waals surface area contributed by atoms with Gasteiger partial charge < -0.3 is 0 Å². The molecule has 0 heterocycles. The number of hydrogen-bond donors (Lipinski definition) is 0. The third-order valence-corrected chi connectivity index (χ3v) is 4.11. The largest absolute Gasteiger partial charge is 0.295 e. The standard InChI is InChI=1S/C16H15FOS/c1-10-4-5-11(2)16(8-10)19-15-7-6-13(12(3)18)9-14(15)17/h4-9H,1-3H3. The van der Waals surface area contributed by atoms with Gasteiger partial charge in [0.05, 0.1) is 0 Å². The van der Waals surface area contributed by atoms with Crippen LogP contribution in [0.2, 0.25) is 0 Å². The van der Waals surface area contributed by atoms with E-state index in [-0.39, 0.29) is 11.6 Å². The Morgan fingerprint density at radius 1 is 1.05 bits per heavy atom. The van der Waals surface area contributed by atoms with Gasteiger partial charge in [0.2, 0.25) is 0 Å². The van der Waals surface area contributed by atoms with Gasteiger partial charge in [-0.05, 0) is 50.1 Å². The Hall–Kier alpha value is -1.61. The summed E-state index contributed by atoms with van der Waals surface area (Å²) in [5.41, 5.74) is 2.67. The van der Waals surface area contributed by atoms with Crippen molar-refractivity contribution >= 4 is 17.5 Å². The monoisotopic (exact) mass is 274 g/mol. The van der Waals surface area contributed by atoms with Gasteiger partial charge in [-0.25, -0.2) is 4.39 Å². The molecular formula is C16H15FOS. The van der Waals surface area contributed by atoms with Gasteiger partial charge in [0, 0.05) is 15.4 Å². The number of carbonyl (C=O) groups excluding carboxylic acids is 1. The minimum Gasteiger partial charge on any atom is -0.295 e. The molecular weight excluding hydrogens is 259 g/mol. The number of Topliss-reactive ketones (excluding diaryl/α,β-unsaturated/α-hetero) is 1. The van der Waals surface area contributed by atoms with Gasteiger partial charge in [-0.3, -0.25) is 4.79 Å². The number of rotatable bonds is 3. The fourth-order valence-electron chi connectivity index (χ4n) is 1.74. The Balaban J connectivity index is 2.33. The van der Waals surface area contributed by atoms with E-state index >= 15 is 0 Å². The number of ketones is 1. The van der Waals surface area contributed by atoms with Crippen LogP contribution in [0.15, 0.2) is 46.2 Å². The molecule has 0 N–H and O–H groups in total. The lowest BCUT2D eigenvalue weighted by Crippen LogP contribution is -1.94. The maximum absolute atomic E-state index is 14.0. The highest BCUT2D eigenvalue weighted by atomic mass is 32.2. The van der Waals surface area contributed by atoms with Crippen molar-refractivity contribution in [2.24, 2.45) is 0 Å². The first-order valence-electron chi connectivity index (χ1n) is 6.03. The van der Waals surface area contributed by atoms with E-state index in [1.54, 1.807) is 12.1 Å². The van der Waals surface area contributed by atoms with Crippen LogP contribution in [0.25, 0.3) is 0 Å². The predicted octanol–water partition coefficient (Wildman–Crippen LogP) is 4.80. The van der Waals surface area contributed by atoms with Crippen molar-refractivity contribution in [3.63, 3.8) is 0 Å². The molecule has 0 fully saturated rings. The first-order valence-corrected chi connectivity index (χ1v) is 6.84. The van der Waals surface area contributed by atoms with Gasteiger partial charge in [-0.2, -0.15) is 0 Å². The van der Waals surface area contributed by atoms with E-state index in [1.165, 1.54) is 24.8 Å². The molecule has 0 spiro atoms. The van der Waals surface area contributed by atoms with Crippen LogP contribution in [0.1, 0.15) is 28.4 Å². The predicted molar refractivity (Wildman–Crippen MR) is 76.4 cm³/mol. The molecule has 3 heteroatoms. The zero-order valence-electron chi connectivity index (χ0n) is 11.2. The second kappa shape index (κ2) is 5.57. The van der Waals surface area contributed by atoms with Gasteiger partial charge in [0.25, 0.3) is 0 Å². The second-order valence-corrected chi connectivity index (χ2v) is 5.66. The van der Waals surface area contributed by atoms with Crippen molar-refractivity contribution in [1.29, 1.82) is 0 Å². The van der Waals surface area contributed by atoms with E-state index < -0.39 is 0 Å². The summed E-state index contributed by atoms with van der Waals surface area (Å²) in [5, 5.41) is 0. The van der Waals surface area contributed by atoms with E-state index in [0.29, 0.717) is 10.5 Å². The first-order chi connectivity index (χ1) is 8.97. The average Bonchev–Trinajstić information content (AvgIpc) is 2.36. The molecule has 0 unspecified atom stereocenters. The van der Waals surface area contributed by atoms with Gasteiger partial charge >= 0.3 is 0 Å². The molecule has 0 radical (unpaired) electrons. The van der Waals surface area contributed by atoms with E-state index in [9.17, 15) is 9.18 Å². The van der Waals surface area contributed by atoms with E-state index in [4.69, 9.17) is 0 Å². The summed E-state index contributed by atoms with van der Waals surface area (Å²) < 4.78 is 14.0. The number of carbonyl (C=O) groups is 1. The highest BCUT2D eigenvalue weighted by molar-refractivity contribution is 7.99. The molecule has 0 saturated carbocycles. The van der Waals surface area contributed by atoms with Crippen molar-refractivity contribution in [3.8, 4) is 0 Å². The van der Waals surface area contributed by atoms with Crippen LogP contribution < -0.4 is 0 Å². The molecule has 0 atom stereocenters. The fourth-order valence-corrected chi connectivity index (χ4v) is 2.74. The Labute approximate surface area is 116 Å². The second-order valence-electron chi connectivity index (χ2n) is 4.57. The van der Waals surface area contributed by atoms with Gasteiger partial charge in [0.15, 0.2) is 5.78 Å². The summed E-state index contributed by atoms with van der Waals surface area (Å²) in [7, 11) is 0. The zero-order chi connectivity index (χ0) is 14.0. The van der Waals surface area contributed by atoms with Crippen LogP contribution in [0.5, 0.6) is 0 Å². The van der Waals surface area contributed by atoms with Gasteiger partial charge in [-0.1, -0.05) is 30.0 Å². The smallest absolute Gasteiger partial charge is 0.159 e. The number of aryl methyl sites for hydroxylation is 2. The molecule has 98 valence electrons. The van der Waals surface area contributed by atoms with Crippen LogP contribution >= 0.6 is 11.8 Å². The Morgan fingerprint density at radius 3 is 2.42 bits per heavy atom. The minimum absolute atomic E-state index is 0.123. The molecule has 2 aromatic rings. The minimum atomic E-state index is -0.349. The van der Waals surface area contributed by atoms with Crippen molar-refractivity contribution in [2.75, 3.05) is 0 Å². The average molecular weight is 274 g/mol. The molecule has 1 nitrogen and oxygen atoms in total. The fraction of sp³-hybridized carbons (Fsp3) is 0.188. The van der Waals surface area contributed by atoms with E-state index in [2.05, 4.69) is 0 Å².